The summed E-state index contributed by atoms with van der Waals surface area (Å²) in [4.78, 5) is 63.2. The van der Waals surface area contributed by atoms with Crippen LogP contribution in [-0.2, 0) is 173 Å². The molecule has 0 aromatic heterocycles. The molecule has 146 heavy (non-hydrogen) atoms. The van der Waals surface area contributed by atoms with Crippen LogP contribution in [0.1, 0.15) is 68.3 Å². The van der Waals surface area contributed by atoms with Crippen LogP contribution in [0.3, 0.4) is 0 Å². The van der Waals surface area contributed by atoms with Crippen molar-refractivity contribution in [2.45, 2.75) is 120 Å². The molecule has 2 fully saturated rings. The maximum atomic E-state index is 13.4. The van der Waals surface area contributed by atoms with Crippen LogP contribution in [0.5, 0.6) is 11.5 Å². The van der Waals surface area contributed by atoms with Gasteiger partial charge in [-0.3, -0.25) is 19.2 Å². The fourth-order valence-corrected chi connectivity index (χ4v) is 12.8. The van der Waals surface area contributed by atoms with Crippen molar-refractivity contribution in [3.8, 4) is 22.6 Å². The quantitative estimate of drug-likeness (QED) is 0.0292. The molecule has 2 saturated heterocycles. The summed E-state index contributed by atoms with van der Waals surface area (Å²) in [6.07, 6.45) is -9.50. The van der Waals surface area contributed by atoms with Crippen molar-refractivity contribution in [2.24, 2.45) is 0 Å². The lowest BCUT2D eigenvalue weighted by Crippen LogP contribution is -2.57. The van der Waals surface area contributed by atoms with Gasteiger partial charge >= 0.3 is 5.97 Å². The zero-order valence-corrected chi connectivity index (χ0v) is 85.4. The summed E-state index contributed by atoms with van der Waals surface area (Å²) in [6.45, 7) is 24.0. The van der Waals surface area contributed by atoms with Crippen molar-refractivity contribution < 1.29 is 211 Å². The van der Waals surface area contributed by atoms with E-state index in [0.29, 0.717) is 347 Å². The molecule has 0 saturated carbocycles. The molecule has 0 spiro atoms. The van der Waals surface area contributed by atoms with Crippen molar-refractivity contribution >= 4 is 29.4 Å². The molecule has 0 bridgehead atoms. The Morgan fingerprint density at radius 2 is 0.534 bits per heavy atom. The zero-order chi connectivity index (χ0) is 104. The minimum absolute atomic E-state index is 0.0671. The average molecular weight is 2100 g/mol. The van der Waals surface area contributed by atoms with Gasteiger partial charge in [-0.1, -0.05) is 42.5 Å². The van der Waals surface area contributed by atoms with E-state index in [1.165, 1.54) is 0 Å². The molecule has 2 aliphatic heterocycles. The first-order valence-corrected chi connectivity index (χ1v) is 50.5. The maximum Gasteiger partial charge on any atom is 0.338 e. The van der Waals surface area contributed by atoms with E-state index < -0.39 is 67.4 Å². The molecule has 3 aromatic carbocycles. The molecule has 5 rings (SSSR count). The number of Topliss-reactive ketones (excluding diaryl/α,β-unsaturated/α-hetero) is 2. The highest BCUT2D eigenvalue weighted by Crippen LogP contribution is 2.30. The number of ether oxygens (including phenoxy) is 33. The van der Waals surface area contributed by atoms with Crippen molar-refractivity contribution in [3.63, 3.8) is 0 Å². The SMILES string of the molecule is C[C@@H]1O[C@@H](OCCOCCNC(=O)CCOCCOCCOCCOCCOCCOCCOCCOCCOCCOCCOCCOCCCC(=O)COc2ccc(-c3cc(OCC(=O)CCCOCCOCCOCCOCCOCCOCCOCCOCCOCCOCCOCCOCCC(=O)NCCOCCO[C@@H]4O[C@@H](C)[C@H](O)[C@@H](O)[C@H]4O)cc(C(=O)OCc4ccccc4)c3)cc2)[C@H](O)[C@H](O)[C@H]1O. The highest BCUT2D eigenvalue weighted by atomic mass is 16.7. The van der Waals surface area contributed by atoms with Gasteiger partial charge in [-0.05, 0) is 73.7 Å². The van der Waals surface area contributed by atoms with Gasteiger partial charge in [0.05, 0.1) is 361 Å². The van der Waals surface area contributed by atoms with Gasteiger partial charge in [-0.25, -0.2) is 4.79 Å². The van der Waals surface area contributed by atoms with Gasteiger partial charge in [0.1, 0.15) is 67.9 Å². The molecule has 46 nitrogen and oxygen atoms in total. The number of nitrogens with one attached hydrogen (secondary N) is 2. The molecule has 8 N–H and O–H groups in total. The Hall–Kier alpha value is -6.43. The fraction of sp³-hybridized carbons (Fsp3) is 0.770. The van der Waals surface area contributed by atoms with E-state index in [1.807, 2.05) is 42.5 Å². The van der Waals surface area contributed by atoms with Crippen LogP contribution < -0.4 is 20.1 Å². The molecule has 3 aromatic rings. The molecule has 0 unspecified atom stereocenters. The molecular weight excluding hydrogens is 1930 g/mol. The predicted molar refractivity (Wildman–Crippen MR) is 520 cm³/mol. The standard InChI is InChI=1S/C100H166N2O44/c1-80-92(107)94(109)96(111)99(145-80)140-72-70-118-24-18-101-90(105)16-22-116-28-32-122-36-40-126-44-48-130-52-56-134-60-64-138-68-66-136-62-58-132-54-50-128-46-42-124-38-34-120-30-26-114-20-6-10-86(103)78-142-88-14-12-83(13-15-88)84-74-85(98(113)144-77-82-8-4-3-5-9-82)76-89(75-84)143-79-87(104)11-7-21-115-27-31-121-35-39-125-43-47-129-51-55-133-59-63-137-67-69-139-65-61-135-57-53-131-49-45-127-41-37-123-33-29-117-23-17-91(106)102-19-25-119-71-73-141-100-97(112)95(110)93(108)81(2)146-100/h3-5,8-9,12-15,74-76,80-81,92-97,99-100,107-112H,6-7,10-11,16-73,77-79H2,1-2H3,(H,101,105)(H,102,106)/t80-,81-,92-,93-,94+,95+,96+,97+,99+,100+/m0/s1. The monoisotopic (exact) mass is 2100 g/mol. The Morgan fingerprint density at radius 1 is 0.267 bits per heavy atom. The van der Waals surface area contributed by atoms with Gasteiger partial charge in [0.15, 0.2) is 24.1 Å². The average Bonchev–Trinajstić information content (AvgIpc) is 0.820. The van der Waals surface area contributed by atoms with Crippen LogP contribution in [0.2, 0.25) is 0 Å². The van der Waals surface area contributed by atoms with E-state index in [0.717, 1.165) is 11.1 Å². The number of aliphatic hydroxyl groups excluding tert-OH is 6. The molecule has 2 aliphatic rings. The molecule has 46 heteroatoms. The van der Waals surface area contributed by atoms with Gasteiger partial charge in [-0.2, -0.15) is 0 Å². The number of esters is 1. The van der Waals surface area contributed by atoms with E-state index in [9.17, 15) is 54.6 Å². The first-order chi connectivity index (χ1) is 71.6. The second kappa shape index (κ2) is 92.3. The van der Waals surface area contributed by atoms with Crippen LogP contribution in [0.25, 0.3) is 11.1 Å². The third-order valence-electron chi connectivity index (χ3n) is 20.7. The van der Waals surface area contributed by atoms with E-state index in [4.69, 9.17) is 156 Å². The number of hydrogen-bond acceptors (Lipinski definition) is 44. The van der Waals surface area contributed by atoms with Gasteiger partial charge < -0.3 is 198 Å². The van der Waals surface area contributed by atoms with Gasteiger partial charge in [0.2, 0.25) is 11.8 Å². The number of carbonyl (C=O) groups excluding carboxylic acids is 5. The van der Waals surface area contributed by atoms with Crippen LogP contribution in [0.4, 0.5) is 0 Å². The predicted octanol–water partition coefficient (Wildman–Crippen LogP) is 1.30. The summed E-state index contributed by atoms with van der Waals surface area (Å²) in [5, 5.41) is 64.6. The van der Waals surface area contributed by atoms with E-state index in [2.05, 4.69) is 10.6 Å². The summed E-state index contributed by atoms with van der Waals surface area (Å²) >= 11 is 0. The zero-order valence-electron chi connectivity index (χ0n) is 85.4. The van der Waals surface area contributed by atoms with Crippen molar-refractivity contribution in [1.82, 2.24) is 10.6 Å². The second-order valence-electron chi connectivity index (χ2n) is 32.4. The largest absolute Gasteiger partial charge is 0.486 e. The lowest BCUT2D eigenvalue weighted by atomic mass is 10.0. The first kappa shape index (κ1) is 130. The summed E-state index contributed by atoms with van der Waals surface area (Å²) in [5.41, 5.74) is 2.44. The van der Waals surface area contributed by atoms with Gasteiger partial charge in [0.25, 0.3) is 0 Å². The number of ketones is 2. The summed E-state index contributed by atoms with van der Waals surface area (Å²) in [6, 6.07) is 21.4. The van der Waals surface area contributed by atoms with E-state index in [1.54, 1.807) is 44.2 Å². The van der Waals surface area contributed by atoms with Crippen LogP contribution >= 0.6 is 0 Å². The Balaban J connectivity index is 0.701. The molecule has 2 amide bonds. The number of aliphatic hydroxyl groups is 6. The molecule has 0 radical (unpaired) electrons. The van der Waals surface area contributed by atoms with E-state index >= 15 is 0 Å². The van der Waals surface area contributed by atoms with Crippen LogP contribution in [0.15, 0.2) is 72.8 Å². The topological polar surface area (TPSA) is 535 Å². The molecular formula is C100H166N2O44. The van der Waals surface area contributed by atoms with E-state index in [-0.39, 0.29) is 127 Å². The summed E-state index contributed by atoms with van der Waals surface area (Å²) < 4.78 is 183. The third-order valence-corrected chi connectivity index (χ3v) is 20.7. The second-order valence-corrected chi connectivity index (χ2v) is 32.4. The molecule has 10 atom stereocenters. The summed E-state index contributed by atoms with van der Waals surface area (Å²) in [5.74, 6) is -0.339. The number of rotatable bonds is 104. The Morgan fingerprint density at radius 3 is 0.836 bits per heavy atom. The Labute approximate surface area is 857 Å². The van der Waals surface area contributed by atoms with Crippen LogP contribution in [0, 0.1) is 0 Å². The highest BCUT2D eigenvalue weighted by molar-refractivity contribution is 5.92. The van der Waals surface area contributed by atoms with Gasteiger partial charge in [-0.15, -0.1) is 0 Å². The molecule has 2 heterocycles. The van der Waals surface area contributed by atoms with Gasteiger partial charge in [0, 0.05) is 52.0 Å². The molecule has 840 valence electrons. The molecule has 0 aliphatic carbocycles. The number of hydrogen-bond donors (Lipinski definition) is 8. The normalized spacial score (nSPS) is 17.9. The lowest BCUT2D eigenvalue weighted by Gasteiger charge is -2.38. The fourth-order valence-electron chi connectivity index (χ4n) is 12.8. The minimum atomic E-state index is -1.37. The summed E-state index contributed by atoms with van der Waals surface area (Å²) in [7, 11) is 0. The number of benzene rings is 3. The highest BCUT2D eigenvalue weighted by Gasteiger charge is 2.43. The Bertz CT molecular complexity index is 3560. The van der Waals surface area contributed by atoms with Crippen LogP contribution in [-0.4, -0.2) is 504 Å². The van der Waals surface area contributed by atoms with Crippen molar-refractivity contribution in [3.05, 3.63) is 83.9 Å². The minimum Gasteiger partial charge on any atom is -0.486 e. The first-order valence-electron chi connectivity index (χ1n) is 50.5. The number of carbonyl (C=O) groups is 5. The Kier molecular flexibility index (Phi) is 82.2. The smallest absolute Gasteiger partial charge is 0.338 e. The van der Waals surface area contributed by atoms with Crippen molar-refractivity contribution in [2.75, 3.05) is 383 Å². The third kappa shape index (κ3) is 70.7. The number of amides is 2. The lowest BCUT2D eigenvalue weighted by molar-refractivity contribution is -0.294. The van der Waals surface area contributed by atoms with Crippen molar-refractivity contribution in [1.29, 1.82) is 0 Å². The maximum absolute atomic E-state index is 13.4.